The lowest BCUT2D eigenvalue weighted by molar-refractivity contribution is 1.14. The molecule has 0 aliphatic heterocycles. The first-order valence-electron chi connectivity index (χ1n) is 5.40. The Bertz CT molecular complexity index is 500. The van der Waals surface area contributed by atoms with Crippen molar-refractivity contribution in [2.45, 2.75) is 6.54 Å². The molecule has 0 amide bonds. The second kappa shape index (κ2) is 5.68. The van der Waals surface area contributed by atoms with E-state index in [4.69, 9.17) is 0 Å². The maximum Gasteiger partial charge on any atom is 0.127 e. The minimum absolute atomic E-state index is 0.798. The van der Waals surface area contributed by atoms with Crippen LogP contribution in [-0.2, 0) is 6.54 Å². The molecular formula is C13H14BrN3. The number of hydrogen-bond donors (Lipinski definition) is 2. The zero-order chi connectivity index (χ0) is 12.1. The molecule has 88 valence electrons. The summed E-state index contributed by atoms with van der Waals surface area (Å²) in [5.41, 5.74) is 2.30. The molecule has 0 atom stereocenters. The van der Waals surface area contributed by atoms with Gasteiger partial charge in [-0.3, -0.25) is 0 Å². The van der Waals surface area contributed by atoms with Gasteiger partial charge in [-0.1, -0.05) is 28.1 Å². The van der Waals surface area contributed by atoms with E-state index in [-0.39, 0.29) is 0 Å². The highest BCUT2D eigenvalue weighted by Gasteiger charge is 1.96. The maximum atomic E-state index is 4.17. The average molecular weight is 292 g/mol. The van der Waals surface area contributed by atoms with Crippen LogP contribution >= 0.6 is 15.9 Å². The topological polar surface area (TPSA) is 37.0 Å². The Kier molecular flexibility index (Phi) is 3.98. The predicted octanol–water partition coefficient (Wildman–Crippen LogP) is 3.50. The monoisotopic (exact) mass is 291 g/mol. The van der Waals surface area contributed by atoms with Crippen LogP contribution in [0.1, 0.15) is 5.56 Å². The molecule has 2 N–H and O–H groups in total. The third-order valence-corrected chi connectivity index (χ3v) is 2.89. The van der Waals surface area contributed by atoms with Crippen molar-refractivity contribution in [2.75, 3.05) is 17.7 Å². The lowest BCUT2D eigenvalue weighted by Crippen LogP contribution is -2.00. The molecule has 1 aromatic carbocycles. The minimum Gasteiger partial charge on any atom is -0.381 e. The molecule has 4 heteroatoms. The second-order valence-corrected chi connectivity index (χ2v) is 4.58. The molecule has 2 aromatic rings. The first-order chi connectivity index (χ1) is 8.28. The largest absolute Gasteiger partial charge is 0.381 e. The van der Waals surface area contributed by atoms with E-state index in [1.807, 2.05) is 31.3 Å². The summed E-state index contributed by atoms with van der Waals surface area (Å²) in [5.74, 6) is 0.865. The number of anilines is 2. The molecule has 1 heterocycles. The van der Waals surface area contributed by atoms with Gasteiger partial charge in [0.1, 0.15) is 5.82 Å². The van der Waals surface area contributed by atoms with E-state index < -0.39 is 0 Å². The van der Waals surface area contributed by atoms with Crippen LogP contribution in [0, 0.1) is 0 Å². The van der Waals surface area contributed by atoms with Crippen molar-refractivity contribution in [3.8, 4) is 0 Å². The molecule has 1 aromatic heterocycles. The SMILES string of the molecule is CNc1cc(NCc2cccc(Br)c2)ccn1. The van der Waals surface area contributed by atoms with Crippen LogP contribution in [-0.4, -0.2) is 12.0 Å². The van der Waals surface area contributed by atoms with E-state index in [2.05, 4.69) is 43.7 Å². The summed E-state index contributed by atoms with van der Waals surface area (Å²) in [4.78, 5) is 4.17. The van der Waals surface area contributed by atoms with Crippen molar-refractivity contribution < 1.29 is 0 Å². The lowest BCUT2D eigenvalue weighted by Gasteiger charge is -2.08. The fourth-order valence-electron chi connectivity index (χ4n) is 1.53. The normalized spacial score (nSPS) is 10.0. The second-order valence-electron chi connectivity index (χ2n) is 3.66. The van der Waals surface area contributed by atoms with Crippen LogP contribution in [0.2, 0.25) is 0 Å². The van der Waals surface area contributed by atoms with Gasteiger partial charge in [0.15, 0.2) is 0 Å². The van der Waals surface area contributed by atoms with E-state index in [9.17, 15) is 0 Å². The molecule has 3 nitrogen and oxygen atoms in total. The standard InChI is InChI=1S/C13H14BrN3/c1-15-13-8-12(5-6-16-13)17-9-10-3-2-4-11(14)7-10/h2-8H,9H2,1H3,(H2,15,16,17). The van der Waals surface area contributed by atoms with Gasteiger partial charge in [0.2, 0.25) is 0 Å². The molecule has 0 spiro atoms. The van der Waals surface area contributed by atoms with E-state index in [1.165, 1.54) is 5.56 Å². The molecule has 0 aliphatic rings. The highest BCUT2D eigenvalue weighted by Crippen LogP contribution is 2.15. The molecule has 0 unspecified atom stereocenters. The van der Waals surface area contributed by atoms with Crippen LogP contribution < -0.4 is 10.6 Å². The van der Waals surface area contributed by atoms with Crippen LogP contribution in [0.4, 0.5) is 11.5 Å². The minimum atomic E-state index is 0.798. The molecule has 2 rings (SSSR count). The highest BCUT2D eigenvalue weighted by molar-refractivity contribution is 9.10. The smallest absolute Gasteiger partial charge is 0.127 e. The van der Waals surface area contributed by atoms with Gasteiger partial charge in [0.25, 0.3) is 0 Å². The first kappa shape index (κ1) is 11.9. The zero-order valence-electron chi connectivity index (χ0n) is 9.57. The van der Waals surface area contributed by atoms with E-state index in [1.54, 1.807) is 6.20 Å². The highest BCUT2D eigenvalue weighted by atomic mass is 79.9. The van der Waals surface area contributed by atoms with Crippen molar-refractivity contribution >= 4 is 27.4 Å². The van der Waals surface area contributed by atoms with Crippen LogP contribution in [0.5, 0.6) is 0 Å². The summed E-state index contributed by atoms with van der Waals surface area (Å²) < 4.78 is 1.10. The Morgan fingerprint density at radius 2 is 2.12 bits per heavy atom. The fraction of sp³-hybridized carbons (Fsp3) is 0.154. The Labute approximate surface area is 109 Å². The Balaban J connectivity index is 2.02. The molecule has 0 bridgehead atoms. The fourth-order valence-corrected chi connectivity index (χ4v) is 1.97. The Hall–Kier alpha value is -1.55. The van der Waals surface area contributed by atoms with E-state index in [0.717, 1.165) is 22.5 Å². The zero-order valence-corrected chi connectivity index (χ0v) is 11.2. The van der Waals surface area contributed by atoms with Crippen LogP contribution in [0.3, 0.4) is 0 Å². The van der Waals surface area contributed by atoms with Crippen molar-refractivity contribution in [3.63, 3.8) is 0 Å². The van der Waals surface area contributed by atoms with Crippen molar-refractivity contribution in [2.24, 2.45) is 0 Å². The lowest BCUT2D eigenvalue weighted by atomic mass is 10.2. The molecule has 0 saturated carbocycles. The maximum absolute atomic E-state index is 4.17. The van der Waals surface area contributed by atoms with Crippen LogP contribution in [0.15, 0.2) is 47.1 Å². The van der Waals surface area contributed by atoms with Gasteiger partial charge < -0.3 is 10.6 Å². The number of pyridine rings is 1. The summed E-state index contributed by atoms with van der Waals surface area (Å²) >= 11 is 3.46. The number of halogens is 1. The summed E-state index contributed by atoms with van der Waals surface area (Å²) in [6.07, 6.45) is 1.79. The average Bonchev–Trinajstić information content (AvgIpc) is 2.37. The summed E-state index contributed by atoms with van der Waals surface area (Å²) in [5, 5.41) is 6.38. The number of nitrogens with one attached hydrogen (secondary N) is 2. The van der Waals surface area contributed by atoms with Gasteiger partial charge in [-0.25, -0.2) is 4.98 Å². The van der Waals surface area contributed by atoms with Crippen molar-refractivity contribution in [3.05, 3.63) is 52.6 Å². The number of rotatable bonds is 4. The molecule has 0 aliphatic carbocycles. The number of nitrogens with zero attached hydrogens (tertiary/aromatic N) is 1. The third kappa shape index (κ3) is 3.46. The predicted molar refractivity (Wildman–Crippen MR) is 75.3 cm³/mol. The van der Waals surface area contributed by atoms with Gasteiger partial charge >= 0.3 is 0 Å². The number of benzene rings is 1. The van der Waals surface area contributed by atoms with Crippen molar-refractivity contribution in [1.29, 1.82) is 0 Å². The van der Waals surface area contributed by atoms with Crippen LogP contribution in [0.25, 0.3) is 0 Å². The molecule has 17 heavy (non-hydrogen) atoms. The van der Waals surface area contributed by atoms with Gasteiger partial charge in [0, 0.05) is 36.0 Å². The summed E-state index contributed by atoms with van der Waals surface area (Å²) in [7, 11) is 1.86. The van der Waals surface area contributed by atoms with Gasteiger partial charge in [-0.05, 0) is 23.8 Å². The van der Waals surface area contributed by atoms with Gasteiger partial charge in [0.05, 0.1) is 0 Å². The number of hydrogen-bond acceptors (Lipinski definition) is 3. The Morgan fingerprint density at radius 3 is 2.88 bits per heavy atom. The quantitative estimate of drug-likeness (QED) is 0.905. The number of aromatic nitrogens is 1. The first-order valence-corrected chi connectivity index (χ1v) is 6.19. The van der Waals surface area contributed by atoms with Gasteiger partial charge in [-0.2, -0.15) is 0 Å². The van der Waals surface area contributed by atoms with E-state index >= 15 is 0 Å². The molecule has 0 fully saturated rings. The van der Waals surface area contributed by atoms with E-state index in [0.29, 0.717) is 0 Å². The molecule has 0 saturated heterocycles. The summed E-state index contributed by atoms with van der Waals surface area (Å²) in [6, 6.07) is 12.2. The summed E-state index contributed by atoms with van der Waals surface area (Å²) in [6.45, 7) is 0.798. The Morgan fingerprint density at radius 1 is 1.24 bits per heavy atom. The molecular weight excluding hydrogens is 278 g/mol. The van der Waals surface area contributed by atoms with Gasteiger partial charge in [-0.15, -0.1) is 0 Å². The van der Waals surface area contributed by atoms with Crippen molar-refractivity contribution in [1.82, 2.24) is 4.98 Å². The third-order valence-electron chi connectivity index (χ3n) is 2.40. The molecule has 0 radical (unpaired) electrons.